The van der Waals surface area contributed by atoms with Crippen LogP contribution in [0.3, 0.4) is 0 Å². The lowest BCUT2D eigenvalue weighted by Crippen LogP contribution is -2.17. The van der Waals surface area contributed by atoms with E-state index in [1.807, 2.05) is 36.4 Å². The number of nitrogens with one attached hydrogen (secondary N) is 1. The van der Waals surface area contributed by atoms with Crippen LogP contribution in [0.4, 0.5) is 0 Å². The van der Waals surface area contributed by atoms with E-state index in [-0.39, 0.29) is 6.42 Å². The fraction of sp³-hybridized carbons (Fsp3) is 0.250. The van der Waals surface area contributed by atoms with Crippen molar-refractivity contribution in [3.63, 3.8) is 0 Å². The molecule has 1 heterocycles. The molecule has 0 atom stereocenters. The highest BCUT2D eigenvalue weighted by Crippen LogP contribution is 2.14. The molecule has 5 heteroatoms. The fourth-order valence-corrected chi connectivity index (χ4v) is 1.78. The smallest absolute Gasteiger partial charge is 0.304 e. The van der Waals surface area contributed by atoms with Crippen LogP contribution in [0.1, 0.15) is 17.5 Å². The van der Waals surface area contributed by atoms with Crippen LogP contribution in [0.2, 0.25) is 0 Å². The highest BCUT2D eigenvalue weighted by Gasteiger charge is 1.99. The summed E-state index contributed by atoms with van der Waals surface area (Å²) in [6.07, 6.45) is 3.61. The Kier molecular flexibility index (Phi) is 5.72. The van der Waals surface area contributed by atoms with Crippen LogP contribution in [0.15, 0.2) is 48.8 Å². The summed E-state index contributed by atoms with van der Waals surface area (Å²) in [5.74, 6) is 0.0171. The SMILES string of the molecule is O=C(O)CCNCc1ccc(OCc2ccncc2)cc1. The zero-order valence-electron chi connectivity index (χ0n) is 11.7. The van der Waals surface area contributed by atoms with Crippen molar-refractivity contribution in [3.8, 4) is 5.75 Å². The van der Waals surface area contributed by atoms with E-state index in [0.717, 1.165) is 16.9 Å². The van der Waals surface area contributed by atoms with Gasteiger partial charge >= 0.3 is 5.97 Å². The van der Waals surface area contributed by atoms with Crippen molar-refractivity contribution in [3.05, 3.63) is 59.9 Å². The maximum absolute atomic E-state index is 10.4. The third-order valence-corrected chi connectivity index (χ3v) is 2.92. The summed E-state index contributed by atoms with van der Waals surface area (Å²) in [5, 5.41) is 11.6. The number of rotatable bonds is 8. The summed E-state index contributed by atoms with van der Waals surface area (Å²) in [5.41, 5.74) is 2.17. The molecule has 2 aromatic rings. The van der Waals surface area contributed by atoms with E-state index < -0.39 is 5.97 Å². The summed E-state index contributed by atoms with van der Waals surface area (Å²) in [7, 11) is 0. The predicted molar refractivity (Wildman–Crippen MR) is 79.0 cm³/mol. The lowest BCUT2D eigenvalue weighted by Gasteiger charge is -2.08. The molecule has 0 saturated heterocycles. The molecule has 5 nitrogen and oxygen atoms in total. The number of aliphatic carboxylic acids is 1. The van der Waals surface area contributed by atoms with Gasteiger partial charge in [-0.1, -0.05) is 12.1 Å². The van der Waals surface area contributed by atoms with Gasteiger partial charge < -0.3 is 15.2 Å². The van der Waals surface area contributed by atoms with E-state index in [4.69, 9.17) is 9.84 Å². The van der Waals surface area contributed by atoms with Gasteiger partial charge in [0, 0.05) is 25.5 Å². The Morgan fingerprint density at radius 1 is 1.10 bits per heavy atom. The second-order valence-corrected chi connectivity index (χ2v) is 4.61. The molecule has 1 aromatic carbocycles. The molecule has 0 saturated carbocycles. The first-order chi connectivity index (χ1) is 10.2. The van der Waals surface area contributed by atoms with Crippen LogP contribution in [0.5, 0.6) is 5.75 Å². The van der Waals surface area contributed by atoms with Crippen LogP contribution in [0.25, 0.3) is 0 Å². The first-order valence-electron chi connectivity index (χ1n) is 6.77. The second kappa shape index (κ2) is 8.01. The maximum Gasteiger partial charge on any atom is 0.304 e. The molecule has 0 fully saturated rings. The zero-order valence-corrected chi connectivity index (χ0v) is 11.7. The molecule has 0 unspecified atom stereocenters. The van der Waals surface area contributed by atoms with E-state index in [9.17, 15) is 4.79 Å². The number of benzene rings is 1. The van der Waals surface area contributed by atoms with E-state index >= 15 is 0 Å². The normalized spacial score (nSPS) is 10.3. The lowest BCUT2D eigenvalue weighted by atomic mass is 10.2. The molecule has 110 valence electrons. The molecular formula is C16H18N2O3. The summed E-state index contributed by atoms with van der Waals surface area (Å²) in [4.78, 5) is 14.3. The minimum Gasteiger partial charge on any atom is -0.489 e. The molecular weight excluding hydrogens is 268 g/mol. The second-order valence-electron chi connectivity index (χ2n) is 4.61. The largest absolute Gasteiger partial charge is 0.489 e. The zero-order chi connectivity index (χ0) is 14.9. The molecule has 2 rings (SSSR count). The Morgan fingerprint density at radius 2 is 1.81 bits per heavy atom. The van der Waals surface area contributed by atoms with Crippen LogP contribution in [-0.2, 0) is 17.9 Å². The van der Waals surface area contributed by atoms with Crippen molar-refractivity contribution in [1.82, 2.24) is 10.3 Å². The first-order valence-corrected chi connectivity index (χ1v) is 6.77. The molecule has 0 bridgehead atoms. The third kappa shape index (κ3) is 5.62. The van der Waals surface area contributed by atoms with Gasteiger partial charge in [-0.2, -0.15) is 0 Å². The number of pyridine rings is 1. The Bertz CT molecular complexity index is 555. The maximum atomic E-state index is 10.4. The van der Waals surface area contributed by atoms with Gasteiger partial charge in [0.05, 0.1) is 6.42 Å². The van der Waals surface area contributed by atoms with Gasteiger partial charge in [-0.3, -0.25) is 9.78 Å². The number of aromatic nitrogens is 1. The van der Waals surface area contributed by atoms with Gasteiger partial charge in [-0.05, 0) is 35.4 Å². The molecule has 0 amide bonds. The molecule has 0 spiro atoms. The van der Waals surface area contributed by atoms with Crippen LogP contribution < -0.4 is 10.1 Å². The number of carboxylic acid groups (broad SMARTS) is 1. The summed E-state index contributed by atoms with van der Waals surface area (Å²) in [6.45, 7) is 1.63. The van der Waals surface area contributed by atoms with Crippen LogP contribution >= 0.6 is 0 Å². The van der Waals surface area contributed by atoms with Gasteiger partial charge in [0.2, 0.25) is 0 Å². The molecule has 0 aliphatic carbocycles. The van der Waals surface area contributed by atoms with E-state index in [0.29, 0.717) is 19.7 Å². The summed E-state index contributed by atoms with van der Waals surface area (Å²) < 4.78 is 5.68. The van der Waals surface area contributed by atoms with Gasteiger partial charge in [0.1, 0.15) is 12.4 Å². The van der Waals surface area contributed by atoms with Crippen molar-refractivity contribution < 1.29 is 14.6 Å². The Balaban J connectivity index is 1.75. The molecule has 21 heavy (non-hydrogen) atoms. The number of hydrogen-bond donors (Lipinski definition) is 2. The standard InChI is InChI=1S/C16H18N2O3/c19-16(20)7-10-18-11-13-1-3-15(4-2-13)21-12-14-5-8-17-9-6-14/h1-6,8-9,18H,7,10-12H2,(H,19,20). The average molecular weight is 286 g/mol. The molecule has 0 aliphatic heterocycles. The quantitative estimate of drug-likeness (QED) is 0.728. The number of carboxylic acids is 1. The Hall–Kier alpha value is -2.40. The van der Waals surface area contributed by atoms with Gasteiger partial charge in [-0.15, -0.1) is 0 Å². The Morgan fingerprint density at radius 3 is 2.48 bits per heavy atom. The number of carbonyl (C=O) groups is 1. The molecule has 1 aromatic heterocycles. The highest BCUT2D eigenvalue weighted by atomic mass is 16.5. The van der Waals surface area contributed by atoms with Crippen molar-refractivity contribution in [2.75, 3.05) is 6.54 Å². The first kappa shape index (κ1) is 15.0. The van der Waals surface area contributed by atoms with Gasteiger partial charge in [-0.25, -0.2) is 0 Å². The lowest BCUT2D eigenvalue weighted by molar-refractivity contribution is -0.136. The monoisotopic (exact) mass is 286 g/mol. The van der Waals surface area contributed by atoms with Crippen molar-refractivity contribution >= 4 is 5.97 Å². The topological polar surface area (TPSA) is 71.5 Å². The summed E-state index contributed by atoms with van der Waals surface area (Å²) >= 11 is 0. The average Bonchev–Trinajstić information content (AvgIpc) is 2.51. The Labute approximate surface area is 123 Å². The van der Waals surface area contributed by atoms with Gasteiger partial charge in [0.25, 0.3) is 0 Å². The van der Waals surface area contributed by atoms with Crippen molar-refractivity contribution in [2.24, 2.45) is 0 Å². The minimum absolute atomic E-state index is 0.132. The van der Waals surface area contributed by atoms with E-state index in [2.05, 4.69) is 10.3 Å². The third-order valence-electron chi connectivity index (χ3n) is 2.92. The number of nitrogens with zero attached hydrogens (tertiary/aromatic N) is 1. The molecule has 2 N–H and O–H groups in total. The fourth-order valence-electron chi connectivity index (χ4n) is 1.78. The van der Waals surface area contributed by atoms with Crippen LogP contribution in [-0.4, -0.2) is 22.6 Å². The predicted octanol–water partition coefficient (Wildman–Crippen LogP) is 2.22. The van der Waals surface area contributed by atoms with Crippen molar-refractivity contribution in [2.45, 2.75) is 19.6 Å². The highest BCUT2D eigenvalue weighted by molar-refractivity contribution is 5.66. The number of hydrogen-bond acceptors (Lipinski definition) is 4. The van der Waals surface area contributed by atoms with E-state index in [1.165, 1.54) is 0 Å². The molecule has 0 radical (unpaired) electrons. The number of ether oxygens (including phenoxy) is 1. The van der Waals surface area contributed by atoms with Crippen LogP contribution in [0, 0.1) is 0 Å². The van der Waals surface area contributed by atoms with E-state index in [1.54, 1.807) is 12.4 Å². The molecule has 0 aliphatic rings. The minimum atomic E-state index is -0.789. The van der Waals surface area contributed by atoms with Gasteiger partial charge in [0.15, 0.2) is 0 Å². The van der Waals surface area contributed by atoms with Crippen molar-refractivity contribution in [1.29, 1.82) is 0 Å². The summed E-state index contributed by atoms with van der Waals surface area (Å²) in [6, 6.07) is 11.6.